The van der Waals surface area contributed by atoms with Gasteiger partial charge in [0.2, 0.25) is 0 Å². The molecule has 0 fully saturated rings. The quantitative estimate of drug-likeness (QED) is 0.928. The molecule has 1 atom stereocenters. The largest absolute Gasteiger partial charge is 0.495 e. The van der Waals surface area contributed by atoms with E-state index in [0.717, 1.165) is 26.9 Å². The second-order valence-electron chi connectivity index (χ2n) is 4.28. The molecule has 1 rings (SSSR count). The van der Waals surface area contributed by atoms with Gasteiger partial charge in [0.25, 0.3) is 0 Å². The molecule has 0 aliphatic heterocycles. The summed E-state index contributed by atoms with van der Waals surface area (Å²) in [6, 6.07) is 2.04. The molecule has 17 heavy (non-hydrogen) atoms. The van der Waals surface area contributed by atoms with Crippen molar-refractivity contribution in [2.75, 3.05) is 7.11 Å². The summed E-state index contributed by atoms with van der Waals surface area (Å²) in [4.78, 5) is 10.9. The Kier molecular flexibility index (Phi) is 4.57. The first-order valence-electron chi connectivity index (χ1n) is 5.43. The van der Waals surface area contributed by atoms with E-state index in [4.69, 9.17) is 9.84 Å². The third-order valence-corrected chi connectivity index (χ3v) is 3.85. The highest BCUT2D eigenvalue weighted by Gasteiger charge is 2.19. The Labute approximate surface area is 110 Å². The molecule has 0 heterocycles. The lowest BCUT2D eigenvalue weighted by Gasteiger charge is -2.17. The molecular formula is C13H17BrO3. The van der Waals surface area contributed by atoms with Crippen molar-refractivity contribution in [2.24, 2.45) is 5.92 Å². The number of hydrogen-bond acceptors (Lipinski definition) is 2. The van der Waals surface area contributed by atoms with Crippen molar-refractivity contribution in [3.05, 3.63) is 27.2 Å². The van der Waals surface area contributed by atoms with E-state index in [0.29, 0.717) is 6.42 Å². The van der Waals surface area contributed by atoms with Crippen LogP contribution in [0.1, 0.15) is 23.6 Å². The first-order valence-corrected chi connectivity index (χ1v) is 6.23. The summed E-state index contributed by atoms with van der Waals surface area (Å²) in [7, 11) is 1.61. The Balaban J connectivity index is 3.22. The number of aryl methyl sites for hydroxylation is 2. The maximum Gasteiger partial charge on any atom is 0.306 e. The van der Waals surface area contributed by atoms with E-state index in [1.807, 2.05) is 19.9 Å². The van der Waals surface area contributed by atoms with Gasteiger partial charge in [0.1, 0.15) is 5.75 Å². The van der Waals surface area contributed by atoms with Crippen molar-refractivity contribution < 1.29 is 14.6 Å². The molecule has 0 spiro atoms. The van der Waals surface area contributed by atoms with Gasteiger partial charge in [0.15, 0.2) is 0 Å². The Morgan fingerprint density at radius 1 is 1.47 bits per heavy atom. The number of aliphatic carboxylic acids is 1. The zero-order valence-corrected chi connectivity index (χ0v) is 12.1. The molecule has 1 N–H and O–H groups in total. The van der Waals surface area contributed by atoms with E-state index in [1.165, 1.54) is 0 Å². The zero-order valence-electron chi connectivity index (χ0n) is 10.5. The van der Waals surface area contributed by atoms with Crippen LogP contribution < -0.4 is 4.74 Å². The van der Waals surface area contributed by atoms with Crippen LogP contribution in [0, 0.1) is 19.8 Å². The van der Waals surface area contributed by atoms with E-state index in [2.05, 4.69) is 15.9 Å². The first kappa shape index (κ1) is 14.0. The molecule has 1 unspecified atom stereocenters. The maximum atomic E-state index is 10.9. The molecule has 1 aromatic rings. The summed E-state index contributed by atoms with van der Waals surface area (Å²) < 4.78 is 6.28. The molecular weight excluding hydrogens is 284 g/mol. The molecule has 0 saturated carbocycles. The number of methoxy groups -OCH3 is 1. The molecule has 0 radical (unpaired) electrons. The van der Waals surface area contributed by atoms with Gasteiger partial charge >= 0.3 is 5.97 Å². The van der Waals surface area contributed by atoms with Crippen molar-refractivity contribution in [2.45, 2.75) is 27.2 Å². The predicted octanol–water partition coefficient (Wildman–Crippen LogP) is 3.34. The molecule has 0 bridgehead atoms. The number of carboxylic acid groups (broad SMARTS) is 1. The molecule has 0 aliphatic rings. The fourth-order valence-corrected chi connectivity index (χ4v) is 2.34. The van der Waals surface area contributed by atoms with Gasteiger partial charge < -0.3 is 9.84 Å². The normalized spacial score (nSPS) is 12.3. The van der Waals surface area contributed by atoms with Crippen LogP contribution in [0.3, 0.4) is 0 Å². The molecule has 4 heteroatoms. The van der Waals surface area contributed by atoms with Crippen LogP contribution in [0.25, 0.3) is 0 Å². The van der Waals surface area contributed by atoms with E-state index in [1.54, 1.807) is 14.0 Å². The highest BCUT2D eigenvalue weighted by Crippen LogP contribution is 2.35. The highest BCUT2D eigenvalue weighted by atomic mass is 79.9. The van der Waals surface area contributed by atoms with Crippen molar-refractivity contribution in [1.82, 2.24) is 0 Å². The van der Waals surface area contributed by atoms with Crippen molar-refractivity contribution in [1.29, 1.82) is 0 Å². The van der Waals surface area contributed by atoms with Gasteiger partial charge in [-0.05, 0) is 52.9 Å². The lowest BCUT2D eigenvalue weighted by atomic mass is 9.95. The van der Waals surface area contributed by atoms with Gasteiger partial charge in [-0.25, -0.2) is 0 Å². The topological polar surface area (TPSA) is 46.5 Å². The first-order chi connectivity index (χ1) is 7.88. The monoisotopic (exact) mass is 300 g/mol. The van der Waals surface area contributed by atoms with E-state index in [-0.39, 0.29) is 0 Å². The van der Waals surface area contributed by atoms with E-state index in [9.17, 15) is 4.79 Å². The summed E-state index contributed by atoms with van der Waals surface area (Å²) in [5.74, 6) is -0.462. The van der Waals surface area contributed by atoms with Crippen LogP contribution >= 0.6 is 15.9 Å². The number of rotatable bonds is 4. The van der Waals surface area contributed by atoms with Gasteiger partial charge in [0.05, 0.1) is 17.5 Å². The fourth-order valence-electron chi connectivity index (χ4n) is 1.83. The van der Waals surface area contributed by atoms with Crippen molar-refractivity contribution in [3.8, 4) is 5.75 Å². The van der Waals surface area contributed by atoms with Gasteiger partial charge in [-0.15, -0.1) is 0 Å². The molecule has 0 aromatic heterocycles. The number of hydrogen-bond donors (Lipinski definition) is 1. The molecule has 0 aliphatic carbocycles. The van der Waals surface area contributed by atoms with Crippen LogP contribution in [-0.4, -0.2) is 18.2 Å². The lowest BCUT2D eigenvalue weighted by molar-refractivity contribution is -0.141. The standard InChI is InChI=1S/C13H17BrO3/c1-7-5-8(2)11(14)12(17-4)10(7)6-9(3)13(15)16/h5,9H,6H2,1-4H3,(H,15,16). The third-order valence-electron chi connectivity index (χ3n) is 2.86. The average molecular weight is 301 g/mol. The molecule has 0 amide bonds. The highest BCUT2D eigenvalue weighted by molar-refractivity contribution is 9.10. The minimum atomic E-state index is -0.789. The smallest absolute Gasteiger partial charge is 0.306 e. The summed E-state index contributed by atoms with van der Waals surface area (Å²) in [6.07, 6.45) is 0.475. The van der Waals surface area contributed by atoms with E-state index >= 15 is 0 Å². The number of halogens is 1. The second kappa shape index (κ2) is 5.54. The third kappa shape index (κ3) is 3.00. The van der Waals surface area contributed by atoms with Crippen LogP contribution in [0.15, 0.2) is 10.5 Å². The molecule has 3 nitrogen and oxygen atoms in total. The number of carboxylic acids is 1. The summed E-state index contributed by atoms with van der Waals surface area (Å²) in [6.45, 7) is 5.67. The Morgan fingerprint density at radius 3 is 2.53 bits per heavy atom. The second-order valence-corrected chi connectivity index (χ2v) is 5.07. The molecule has 1 aromatic carbocycles. The minimum Gasteiger partial charge on any atom is -0.495 e. The van der Waals surface area contributed by atoms with E-state index < -0.39 is 11.9 Å². The summed E-state index contributed by atoms with van der Waals surface area (Å²) in [5, 5.41) is 8.97. The maximum absolute atomic E-state index is 10.9. The van der Waals surface area contributed by atoms with Crippen LogP contribution in [0.5, 0.6) is 5.75 Å². The predicted molar refractivity (Wildman–Crippen MR) is 70.7 cm³/mol. The Bertz CT molecular complexity index is 441. The molecule has 0 saturated heterocycles. The van der Waals surface area contributed by atoms with Crippen molar-refractivity contribution in [3.63, 3.8) is 0 Å². The Hall–Kier alpha value is -1.03. The van der Waals surface area contributed by atoms with Gasteiger partial charge in [-0.3, -0.25) is 4.79 Å². The summed E-state index contributed by atoms with van der Waals surface area (Å²) in [5.41, 5.74) is 3.11. The zero-order chi connectivity index (χ0) is 13.2. The minimum absolute atomic E-state index is 0.419. The van der Waals surface area contributed by atoms with Crippen LogP contribution in [0.4, 0.5) is 0 Å². The number of ether oxygens (including phenoxy) is 1. The average Bonchev–Trinajstić information content (AvgIpc) is 2.26. The summed E-state index contributed by atoms with van der Waals surface area (Å²) >= 11 is 3.48. The van der Waals surface area contributed by atoms with Crippen LogP contribution in [0.2, 0.25) is 0 Å². The van der Waals surface area contributed by atoms with Gasteiger partial charge in [-0.2, -0.15) is 0 Å². The van der Waals surface area contributed by atoms with Crippen LogP contribution in [-0.2, 0) is 11.2 Å². The van der Waals surface area contributed by atoms with Crippen molar-refractivity contribution >= 4 is 21.9 Å². The fraction of sp³-hybridized carbons (Fsp3) is 0.462. The SMILES string of the molecule is COc1c(Br)c(C)cc(C)c1CC(C)C(=O)O. The number of benzene rings is 1. The Morgan fingerprint density at radius 2 is 2.06 bits per heavy atom. The van der Waals surface area contributed by atoms with Gasteiger partial charge in [0, 0.05) is 0 Å². The number of carbonyl (C=O) groups is 1. The lowest BCUT2D eigenvalue weighted by Crippen LogP contribution is -2.14. The van der Waals surface area contributed by atoms with Gasteiger partial charge in [-0.1, -0.05) is 13.0 Å². The molecule has 94 valence electrons.